The van der Waals surface area contributed by atoms with Crippen molar-refractivity contribution in [3.63, 3.8) is 0 Å². The first kappa shape index (κ1) is 14.1. The Kier molecular flexibility index (Phi) is 3.44. The quantitative estimate of drug-likeness (QED) is 0.569. The molecule has 0 bridgehead atoms. The number of fused-ring (bicyclic) bond motifs is 1. The fourth-order valence-electron chi connectivity index (χ4n) is 2.25. The van der Waals surface area contributed by atoms with E-state index in [0.717, 1.165) is 16.1 Å². The van der Waals surface area contributed by atoms with Crippen LogP contribution in [0, 0.1) is 0 Å². The van der Waals surface area contributed by atoms with Gasteiger partial charge in [0, 0.05) is 23.0 Å². The molecule has 23 heavy (non-hydrogen) atoms. The third kappa shape index (κ3) is 2.43. The second-order valence-corrected chi connectivity index (χ2v) is 6.10. The molecule has 0 spiro atoms. The van der Waals surface area contributed by atoms with E-state index in [4.69, 9.17) is 16.3 Å². The minimum Gasteiger partial charge on any atom is -0.496 e. The van der Waals surface area contributed by atoms with Gasteiger partial charge < -0.3 is 4.74 Å². The average molecular weight is 344 g/mol. The molecule has 0 amide bonds. The van der Waals surface area contributed by atoms with Crippen molar-refractivity contribution in [2.24, 2.45) is 0 Å². The number of aromatic nitrogens is 5. The number of halogens is 1. The van der Waals surface area contributed by atoms with E-state index in [1.807, 2.05) is 24.3 Å². The van der Waals surface area contributed by atoms with Crippen LogP contribution in [-0.4, -0.2) is 31.9 Å². The number of hydrogen-bond acceptors (Lipinski definition) is 6. The molecule has 0 aliphatic heterocycles. The summed E-state index contributed by atoms with van der Waals surface area (Å²) in [4.78, 5) is 4.72. The van der Waals surface area contributed by atoms with E-state index in [2.05, 4.69) is 20.3 Å². The zero-order valence-electron chi connectivity index (χ0n) is 12.0. The van der Waals surface area contributed by atoms with Crippen LogP contribution in [0.15, 0.2) is 42.7 Å². The lowest BCUT2D eigenvalue weighted by atomic mass is 10.2. The zero-order chi connectivity index (χ0) is 15.8. The van der Waals surface area contributed by atoms with Gasteiger partial charge in [-0.15, -0.1) is 10.2 Å². The number of pyridine rings is 1. The van der Waals surface area contributed by atoms with Gasteiger partial charge in [-0.3, -0.25) is 4.98 Å². The molecule has 0 fully saturated rings. The van der Waals surface area contributed by atoms with Gasteiger partial charge in [0.25, 0.3) is 0 Å². The largest absolute Gasteiger partial charge is 0.496 e. The number of ether oxygens (including phenoxy) is 1. The Balaban J connectivity index is 1.88. The van der Waals surface area contributed by atoms with Crippen LogP contribution in [0.25, 0.3) is 26.9 Å². The lowest BCUT2D eigenvalue weighted by Gasteiger charge is -2.05. The summed E-state index contributed by atoms with van der Waals surface area (Å²) in [5.41, 5.74) is 1.73. The molecule has 3 aromatic heterocycles. The first-order valence-electron chi connectivity index (χ1n) is 6.73. The third-order valence-corrected chi connectivity index (χ3v) is 4.49. The van der Waals surface area contributed by atoms with Crippen LogP contribution in [0.2, 0.25) is 5.02 Å². The van der Waals surface area contributed by atoms with E-state index in [1.54, 1.807) is 30.1 Å². The average Bonchev–Trinajstić information content (AvgIpc) is 3.16. The molecule has 4 aromatic rings. The second-order valence-electron chi connectivity index (χ2n) is 4.71. The summed E-state index contributed by atoms with van der Waals surface area (Å²) in [7, 11) is 1.62. The summed E-state index contributed by atoms with van der Waals surface area (Å²) in [6.07, 6.45) is 3.42. The summed E-state index contributed by atoms with van der Waals surface area (Å²) in [5, 5.41) is 14.4. The van der Waals surface area contributed by atoms with Crippen LogP contribution < -0.4 is 4.74 Å². The van der Waals surface area contributed by atoms with Crippen molar-refractivity contribution in [3.05, 3.63) is 47.7 Å². The molecule has 3 heterocycles. The molecule has 0 radical (unpaired) electrons. The van der Waals surface area contributed by atoms with Crippen molar-refractivity contribution in [1.29, 1.82) is 0 Å². The van der Waals surface area contributed by atoms with Crippen molar-refractivity contribution in [2.75, 3.05) is 7.11 Å². The molecule has 0 N–H and O–H groups in total. The van der Waals surface area contributed by atoms with Crippen LogP contribution in [0.3, 0.4) is 0 Å². The van der Waals surface area contributed by atoms with Crippen LogP contribution in [-0.2, 0) is 0 Å². The first-order chi connectivity index (χ1) is 11.3. The lowest BCUT2D eigenvalue weighted by molar-refractivity contribution is 0.416. The molecule has 0 atom stereocenters. The molecule has 8 heteroatoms. The molecule has 0 aliphatic carbocycles. The van der Waals surface area contributed by atoms with E-state index < -0.39 is 0 Å². The molecule has 1 aromatic carbocycles. The third-order valence-electron chi connectivity index (χ3n) is 3.32. The lowest BCUT2D eigenvalue weighted by Crippen LogP contribution is -1.92. The number of hydrogen-bond donors (Lipinski definition) is 0. The molecule has 0 saturated carbocycles. The van der Waals surface area contributed by atoms with Gasteiger partial charge in [-0.1, -0.05) is 22.9 Å². The fourth-order valence-corrected chi connectivity index (χ4v) is 3.29. The molecule has 0 unspecified atom stereocenters. The Morgan fingerprint density at radius 2 is 1.96 bits per heavy atom. The molecule has 4 rings (SSSR count). The normalized spacial score (nSPS) is 11.0. The zero-order valence-corrected chi connectivity index (χ0v) is 13.5. The molecular formula is C15H10ClN5OS. The summed E-state index contributed by atoms with van der Waals surface area (Å²) >= 11 is 7.53. The van der Waals surface area contributed by atoms with Crippen molar-refractivity contribution >= 4 is 27.9 Å². The van der Waals surface area contributed by atoms with E-state index in [1.165, 1.54) is 11.3 Å². The predicted octanol–water partition coefficient (Wildman–Crippen LogP) is 3.58. The van der Waals surface area contributed by atoms with Crippen molar-refractivity contribution in [2.45, 2.75) is 0 Å². The molecule has 114 valence electrons. The van der Waals surface area contributed by atoms with Gasteiger partial charge in [0.05, 0.1) is 12.7 Å². The Hall–Kier alpha value is -2.51. The SMILES string of the molecule is COc1ccc(Cl)cc1-c1nn2c(-c3ccncc3)nnc2s1. The Morgan fingerprint density at radius 3 is 2.74 bits per heavy atom. The summed E-state index contributed by atoms with van der Waals surface area (Å²) in [6, 6.07) is 9.18. The van der Waals surface area contributed by atoms with E-state index >= 15 is 0 Å². The van der Waals surface area contributed by atoms with E-state index in [0.29, 0.717) is 21.6 Å². The molecule has 6 nitrogen and oxygen atoms in total. The van der Waals surface area contributed by atoms with Gasteiger partial charge in [0.2, 0.25) is 4.96 Å². The monoisotopic (exact) mass is 343 g/mol. The Morgan fingerprint density at radius 1 is 1.13 bits per heavy atom. The van der Waals surface area contributed by atoms with Crippen molar-refractivity contribution in [1.82, 2.24) is 24.8 Å². The fraction of sp³-hybridized carbons (Fsp3) is 0.0667. The molecule has 0 aliphatic rings. The maximum atomic E-state index is 6.10. The predicted molar refractivity (Wildman–Crippen MR) is 88.9 cm³/mol. The minimum absolute atomic E-state index is 0.626. The second kappa shape index (κ2) is 5.60. The van der Waals surface area contributed by atoms with Gasteiger partial charge in [0.1, 0.15) is 5.75 Å². The van der Waals surface area contributed by atoms with Crippen LogP contribution >= 0.6 is 22.9 Å². The number of nitrogens with zero attached hydrogens (tertiary/aromatic N) is 5. The van der Waals surface area contributed by atoms with E-state index in [-0.39, 0.29) is 0 Å². The summed E-state index contributed by atoms with van der Waals surface area (Å²) in [6.45, 7) is 0. The molecule has 0 saturated heterocycles. The maximum Gasteiger partial charge on any atom is 0.235 e. The smallest absolute Gasteiger partial charge is 0.235 e. The van der Waals surface area contributed by atoms with Gasteiger partial charge in [0.15, 0.2) is 10.8 Å². The van der Waals surface area contributed by atoms with Gasteiger partial charge >= 0.3 is 0 Å². The molecular weight excluding hydrogens is 334 g/mol. The highest BCUT2D eigenvalue weighted by Crippen LogP contribution is 2.35. The van der Waals surface area contributed by atoms with Crippen LogP contribution in [0.5, 0.6) is 5.75 Å². The highest BCUT2D eigenvalue weighted by atomic mass is 35.5. The number of rotatable bonds is 3. The topological polar surface area (TPSA) is 65.2 Å². The van der Waals surface area contributed by atoms with Crippen LogP contribution in [0.4, 0.5) is 0 Å². The Labute approximate surface area is 140 Å². The summed E-state index contributed by atoms with van der Waals surface area (Å²) in [5.74, 6) is 1.38. The van der Waals surface area contributed by atoms with Gasteiger partial charge in [-0.2, -0.15) is 9.61 Å². The van der Waals surface area contributed by atoms with E-state index in [9.17, 15) is 0 Å². The van der Waals surface area contributed by atoms with Crippen molar-refractivity contribution in [3.8, 4) is 27.7 Å². The highest BCUT2D eigenvalue weighted by Gasteiger charge is 2.17. The highest BCUT2D eigenvalue weighted by molar-refractivity contribution is 7.19. The Bertz CT molecular complexity index is 982. The van der Waals surface area contributed by atoms with Gasteiger partial charge in [-0.05, 0) is 30.3 Å². The first-order valence-corrected chi connectivity index (χ1v) is 7.92. The maximum absolute atomic E-state index is 6.10. The number of methoxy groups -OCH3 is 1. The van der Waals surface area contributed by atoms with Crippen LogP contribution in [0.1, 0.15) is 0 Å². The van der Waals surface area contributed by atoms with Crippen molar-refractivity contribution < 1.29 is 4.74 Å². The van der Waals surface area contributed by atoms with Gasteiger partial charge in [-0.25, -0.2) is 0 Å². The number of benzene rings is 1. The standard InChI is InChI=1S/C15H10ClN5OS/c1-22-12-3-2-10(16)8-11(12)14-20-21-13(18-19-15(21)23-14)9-4-6-17-7-5-9/h2-8H,1H3. The summed E-state index contributed by atoms with van der Waals surface area (Å²) < 4.78 is 7.11. The minimum atomic E-state index is 0.626.